The summed E-state index contributed by atoms with van der Waals surface area (Å²) in [5.74, 6) is 2.22. The molecule has 1 aliphatic heterocycles. The largest absolute Gasteiger partial charge is 0.493 e. The first-order chi connectivity index (χ1) is 14.2. The molecule has 0 amide bonds. The lowest BCUT2D eigenvalue weighted by atomic mass is 10.2. The summed E-state index contributed by atoms with van der Waals surface area (Å²) in [6, 6.07) is 12.9. The molecule has 0 N–H and O–H groups in total. The molecule has 0 radical (unpaired) electrons. The zero-order valence-electron chi connectivity index (χ0n) is 16.1. The fourth-order valence-electron chi connectivity index (χ4n) is 3.09. The van der Waals surface area contributed by atoms with Crippen molar-refractivity contribution in [3.63, 3.8) is 0 Å². The quantitative estimate of drug-likeness (QED) is 0.581. The maximum atomic E-state index is 5.93. The molecule has 7 nitrogen and oxygen atoms in total. The second kappa shape index (κ2) is 9.26. The topological polar surface area (TPSA) is 69.9 Å². The molecule has 3 aromatic rings. The van der Waals surface area contributed by atoms with Crippen molar-refractivity contribution in [3.05, 3.63) is 47.5 Å². The summed E-state index contributed by atoms with van der Waals surface area (Å²) in [5.41, 5.74) is 1.59. The lowest BCUT2D eigenvalue weighted by Gasteiger charge is -2.26. The van der Waals surface area contributed by atoms with Crippen LogP contribution >= 0.6 is 11.6 Å². The van der Waals surface area contributed by atoms with E-state index in [0.29, 0.717) is 34.8 Å². The summed E-state index contributed by atoms with van der Waals surface area (Å²) in [5, 5.41) is 4.73. The van der Waals surface area contributed by atoms with Gasteiger partial charge in [0, 0.05) is 35.8 Å². The third-order valence-corrected chi connectivity index (χ3v) is 4.96. The average molecular weight is 416 g/mol. The van der Waals surface area contributed by atoms with Crippen LogP contribution in [-0.2, 0) is 4.74 Å². The Morgan fingerprint density at radius 3 is 2.55 bits per heavy atom. The van der Waals surface area contributed by atoms with Crippen LogP contribution in [0.2, 0.25) is 5.02 Å². The van der Waals surface area contributed by atoms with Gasteiger partial charge < -0.3 is 18.7 Å². The standard InChI is InChI=1S/C21H22ClN3O4/c1-26-19-14-16(4-7-18(19)28-13-10-25-8-11-27-12-9-25)20-23-21(29-24-20)15-2-5-17(22)6-3-15/h2-7,14H,8-13H2,1H3. The molecule has 0 atom stereocenters. The monoisotopic (exact) mass is 415 g/mol. The van der Waals surface area contributed by atoms with E-state index in [2.05, 4.69) is 15.0 Å². The Balaban J connectivity index is 1.44. The summed E-state index contributed by atoms with van der Waals surface area (Å²) >= 11 is 5.93. The van der Waals surface area contributed by atoms with Crippen molar-refractivity contribution < 1.29 is 18.7 Å². The summed E-state index contributed by atoms with van der Waals surface area (Å²) in [7, 11) is 1.61. The number of hydrogen-bond donors (Lipinski definition) is 0. The summed E-state index contributed by atoms with van der Waals surface area (Å²) in [6.07, 6.45) is 0. The molecular formula is C21H22ClN3O4. The second-order valence-corrected chi connectivity index (χ2v) is 7.03. The second-order valence-electron chi connectivity index (χ2n) is 6.60. The van der Waals surface area contributed by atoms with Gasteiger partial charge in [0.15, 0.2) is 11.5 Å². The van der Waals surface area contributed by atoms with Crippen molar-refractivity contribution in [1.29, 1.82) is 0 Å². The molecule has 1 aliphatic rings. The van der Waals surface area contributed by atoms with E-state index in [0.717, 1.165) is 44.0 Å². The van der Waals surface area contributed by atoms with Crippen LogP contribution in [0.25, 0.3) is 22.8 Å². The molecule has 29 heavy (non-hydrogen) atoms. The number of ether oxygens (including phenoxy) is 3. The van der Waals surface area contributed by atoms with Gasteiger partial charge in [0.2, 0.25) is 5.82 Å². The third-order valence-electron chi connectivity index (χ3n) is 4.71. The summed E-state index contributed by atoms with van der Waals surface area (Å²) < 4.78 is 22.2. The van der Waals surface area contributed by atoms with E-state index in [1.54, 1.807) is 19.2 Å². The Morgan fingerprint density at radius 2 is 1.79 bits per heavy atom. The maximum absolute atomic E-state index is 5.93. The van der Waals surface area contributed by atoms with Gasteiger partial charge in [-0.25, -0.2) is 0 Å². The molecule has 2 aromatic carbocycles. The molecule has 0 unspecified atom stereocenters. The van der Waals surface area contributed by atoms with Crippen LogP contribution in [0.5, 0.6) is 11.5 Å². The van der Waals surface area contributed by atoms with Crippen LogP contribution in [0.15, 0.2) is 47.0 Å². The molecule has 152 valence electrons. The lowest BCUT2D eigenvalue weighted by Crippen LogP contribution is -2.38. The van der Waals surface area contributed by atoms with Gasteiger partial charge in [-0.05, 0) is 42.5 Å². The highest BCUT2D eigenvalue weighted by Crippen LogP contribution is 2.32. The number of benzene rings is 2. The van der Waals surface area contributed by atoms with Gasteiger partial charge in [-0.1, -0.05) is 16.8 Å². The molecule has 8 heteroatoms. The van der Waals surface area contributed by atoms with Crippen molar-refractivity contribution in [2.24, 2.45) is 0 Å². The van der Waals surface area contributed by atoms with Gasteiger partial charge in [-0.15, -0.1) is 0 Å². The first-order valence-electron chi connectivity index (χ1n) is 9.44. The molecular weight excluding hydrogens is 394 g/mol. The highest BCUT2D eigenvalue weighted by molar-refractivity contribution is 6.30. The molecule has 2 heterocycles. The fraction of sp³-hybridized carbons (Fsp3) is 0.333. The van der Waals surface area contributed by atoms with Crippen LogP contribution < -0.4 is 9.47 Å². The minimum absolute atomic E-state index is 0.432. The van der Waals surface area contributed by atoms with Crippen molar-refractivity contribution >= 4 is 11.6 Å². The van der Waals surface area contributed by atoms with E-state index in [9.17, 15) is 0 Å². The van der Waals surface area contributed by atoms with E-state index in [-0.39, 0.29) is 0 Å². The zero-order valence-corrected chi connectivity index (χ0v) is 16.9. The predicted octanol–water partition coefficient (Wildman–Crippen LogP) is 3.78. The van der Waals surface area contributed by atoms with Crippen LogP contribution in [0.1, 0.15) is 0 Å². The van der Waals surface area contributed by atoms with Crippen molar-refractivity contribution in [2.45, 2.75) is 0 Å². The maximum Gasteiger partial charge on any atom is 0.258 e. The molecule has 1 fully saturated rings. The Hall–Kier alpha value is -2.61. The van der Waals surface area contributed by atoms with Gasteiger partial charge in [0.05, 0.1) is 20.3 Å². The lowest BCUT2D eigenvalue weighted by molar-refractivity contribution is 0.0321. The minimum Gasteiger partial charge on any atom is -0.493 e. The van der Waals surface area contributed by atoms with Gasteiger partial charge in [-0.2, -0.15) is 4.98 Å². The van der Waals surface area contributed by atoms with Crippen LogP contribution in [0.3, 0.4) is 0 Å². The molecule has 0 saturated carbocycles. The molecule has 1 aromatic heterocycles. The number of rotatable bonds is 7. The van der Waals surface area contributed by atoms with E-state index in [4.69, 9.17) is 30.3 Å². The minimum atomic E-state index is 0.432. The Kier molecular flexibility index (Phi) is 6.29. The zero-order chi connectivity index (χ0) is 20.1. The third kappa shape index (κ3) is 4.87. The highest BCUT2D eigenvalue weighted by Gasteiger charge is 2.15. The van der Waals surface area contributed by atoms with E-state index in [1.807, 2.05) is 30.3 Å². The average Bonchev–Trinajstić information content (AvgIpc) is 3.25. The van der Waals surface area contributed by atoms with Crippen LogP contribution in [0, 0.1) is 0 Å². The van der Waals surface area contributed by atoms with Gasteiger partial charge in [0.25, 0.3) is 5.89 Å². The Labute approximate surface area is 174 Å². The molecule has 0 aliphatic carbocycles. The van der Waals surface area contributed by atoms with E-state index < -0.39 is 0 Å². The smallest absolute Gasteiger partial charge is 0.258 e. The number of nitrogens with zero attached hydrogens (tertiary/aromatic N) is 3. The Bertz CT molecular complexity index is 939. The van der Waals surface area contributed by atoms with E-state index in [1.165, 1.54) is 0 Å². The number of morpholine rings is 1. The van der Waals surface area contributed by atoms with Crippen molar-refractivity contribution in [2.75, 3.05) is 46.6 Å². The van der Waals surface area contributed by atoms with E-state index >= 15 is 0 Å². The molecule has 0 bridgehead atoms. The van der Waals surface area contributed by atoms with Crippen LogP contribution in [0.4, 0.5) is 0 Å². The molecule has 0 spiro atoms. The first kappa shape index (κ1) is 19.7. The number of halogens is 1. The molecule has 1 saturated heterocycles. The first-order valence-corrected chi connectivity index (χ1v) is 9.82. The van der Waals surface area contributed by atoms with Gasteiger partial charge in [-0.3, -0.25) is 4.90 Å². The Morgan fingerprint density at radius 1 is 1.03 bits per heavy atom. The molecule has 4 rings (SSSR count). The van der Waals surface area contributed by atoms with Crippen molar-refractivity contribution in [1.82, 2.24) is 15.0 Å². The number of aromatic nitrogens is 2. The number of hydrogen-bond acceptors (Lipinski definition) is 7. The van der Waals surface area contributed by atoms with Gasteiger partial charge >= 0.3 is 0 Å². The van der Waals surface area contributed by atoms with Crippen LogP contribution in [-0.4, -0.2) is 61.6 Å². The predicted molar refractivity (Wildman–Crippen MR) is 109 cm³/mol. The summed E-state index contributed by atoms with van der Waals surface area (Å²) in [6.45, 7) is 4.87. The summed E-state index contributed by atoms with van der Waals surface area (Å²) in [4.78, 5) is 6.79. The normalized spacial score (nSPS) is 14.7. The number of methoxy groups -OCH3 is 1. The van der Waals surface area contributed by atoms with Gasteiger partial charge in [0.1, 0.15) is 6.61 Å². The SMILES string of the molecule is COc1cc(-c2noc(-c3ccc(Cl)cc3)n2)ccc1OCCN1CCOCC1. The fourth-order valence-corrected chi connectivity index (χ4v) is 3.21. The van der Waals surface area contributed by atoms with Crippen molar-refractivity contribution in [3.8, 4) is 34.3 Å². The highest BCUT2D eigenvalue weighted by atomic mass is 35.5.